The smallest absolute Gasteiger partial charge is 0.211 e. The molecule has 17 heavy (non-hydrogen) atoms. The minimum atomic E-state index is -0.373. The van der Waals surface area contributed by atoms with Gasteiger partial charge in [-0.2, -0.15) is 0 Å². The highest BCUT2D eigenvalue weighted by Crippen LogP contribution is 2.26. The minimum Gasteiger partial charge on any atom is -0.395 e. The van der Waals surface area contributed by atoms with Gasteiger partial charge in [0.05, 0.1) is 6.61 Å². The fraction of sp³-hybridized carbons (Fsp3) is 0.167. The van der Waals surface area contributed by atoms with Crippen molar-refractivity contribution in [2.24, 2.45) is 0 Å². The van der Waals surface area contributed by atoms with Crippen molar-refractivity contribution in [2.75, 3.05) is 13.2 Å². The van der Waals surface area contributed by atoms with Crippen LogP contribution in [0, 0.1) is 0 Å². The molecule has 1 aromatic rings. The molecule has 1 aliphatic rings. The van der Waals surface area contributed by atoms with Gasteiger partial charge in [0, 0.05) is 17.7 Å². The van der Waals surface area contributed by atoms with Crippen LogP contribution in [0.2, 0.25) is 0 Å². The van der Waals surface area contributed by atoms with E-state index in [0.29, 0.717) is 11.1 Å². The van der Waals surface area contributed by atoms with Crippen molar-refractivity contribution in [3.05, 3.63) is 46.1 Å². The number of rotatable bonds is 3. The van der Waals surface area contributed by atoms with Gasteiger partial charge in [-0.3, -0.25) is 9.59 Å². The van der Waals surface area contributed by atoms with Crippen LogP contribution in [0.4, 0.5) is 0 Å². The molecular formula is C12H10ClNO3. The Morgan fingerprint density at radius 3 is 2.29 bits per heavy atom. The van der Waals surface area contributed by atoms with Crippen molar-refractivity contribution in [1.82, 2.24) is 5.32 Å². The van der Waals surface area contributed by atoms with Crippen molar-refractivity contribution < 1.29 is 14.7 Å². The number of benzene rings is 1. The van der Waals surface area contributed by atoms with Crippen LogP contribution in [0.15, 0.2) is 35.0 Å². The summed E-state index contributed by atoms with van der Waals surface area (Å²) in [6.07, 6.45) is 0. The first-order valence-corrected chi connectivity index (χ1v) is 5.47. The number of carbonyl (C=O) groups is 2. The Balaban J connectivity index is 2.47. The second kappa shape index (κ2) is 4.69. The number of aliphatic hydroxyl groups is 1. The average Bonchev–Trinajstić information content (AvgIpc) is 2.36. The normalized spacial score (nSPS) is 14.9. The number of Topliss-reactive ketones (excluding diaryl/α,β-unsaturated/α-hetero) is 2. The highest BCUT2D eigenvalue weighted by atomic mass is 35.5. The van der Waals surface area contributed by atoms with Crippen LogP contribution in [0.1, 0.15) is 20.7 Å². The van der Waals surface area contributed by atoms with E-state index >= 15 is 0 Å². The van der Waals surface area contributed by atoms with Crippen LogP contribution in [-0.2, 0) is 0 Å². The van der Waals surface area contributed by atoms with Crippen LogP contribution in [-0.4, -0.2) is 29.8 Å². The zero-order valence-corrected chi connectivity index (χ0v) is 9.62. The Morgan fingerprint density at radius 1 is 1.12 bits per heavy atom. The third-order valence-corrected chi connectivity index (χ3v) is 2.84. The standard InChI is InChI=1S/C12H10ClNO3/c13-9-10(14-5-6-15)12(17)8-4-2-1-3-7(8)11(9)16/h1-4,14-15H,5-6H2. The number of allylic oxidation sites excluding steroid dienone is 2. The van der Waals surface area contributed by atoms with Crippen LogP contribution in [0.3, 0.4) is 0 Å². The van der Waals surface area contributed by atoms with Crippen molar-refractivity contribution in [3.8, 4) is 0 Å². The first kappa shape index (κ1) is 11.8. The second-order valence-corrected chi connectivity index (χ2v) is 3.92. The molecule has 0 radical (unpaired) electrons. The Morgan fingerprint density at radius 2 is 1.71 bits per heavy atom. The lowest BCUT2D eigenvalue weighted by molar-refractivity contribution is 0.0974. The molecule has 0 saturated heterocycles. The SMILES string of the molecule is O=C1C(Cl)=C(NCCO)C(=O)c2ccccc21. The molecule has 0 atom stereocenters. The van der Waals surface area contributed by atoms with Crippen molar-refractivity contribution >= 4 is 23.2 Å². The third-order valence-electron chi connectivity index (χ3n) is 2.48. The summed E-state index contributed by atoms with van der Waals surface area (Å²) in [6.45, 7) is 0.0313. The first-order chi connectivity index (χ1) is 8.16. The molecule has 88 valence electrons. The molecule has 0 fully saturated rings. The fourth-order valence-corrected chi connectivity index (χ4v) is 1.94. The van der Waals surface area contributed by atoms with Crippen LogP contribution >= 0.6 is 11.6 Å². The van der Waals surface area contributed by atoms with Gasteiger partial charge in [-0.05, 0) is 0 Å². The van der Waals surface area contributed by atoms with Gasteiger partial charge in [-0.25, -0.2) is 0 Å². The summed E-state index contributed by atoms with van der Waals surface area (Å²) >= 11 is 5.86. The van der Waals surface area contributed by atoms with Crippen LogP contribution < -0.4 is 5.32 Å². The molecule has 0 unspecified atom stereocenters. The summed E-state index contributed by atoms with van der Waals surface area (Å²) in [5, 5.41) is 11.3. The van der Waals surface area contributed by atoms with E-state index in [2.05, 4.69) is 5.32 Å². The van der Waals surface area contributed by atoms with E-state index in [-0.39, 0.29) is 35.4 Å². The fourth-order valence-electron chi connectivity index (χ4n) is 1.68. The molecule has 5 heteroatoms. The zero-order chi connectivity index (χ0) is 12.4. The number of fused-ring (bicyclic) bond motifs is 1. The summed E-state index contributed by atoms with van der Waals surface area (Å²) in [5.41, 5.74) is 0.712. The maximum Gasteiger partial charge on any atom is 0.211 e. The van der Waals surface area contributed by atoms with Crippen molar-refractivity contribution in [2.45, 2.75) is 0 Å². The van der Waals surface area contributed by atoms with Crippen molar-refractivity contribution in [3.63, 3.8) is 0 Å². The van der Waals surface area contributed by atoms with E-state index in [1.807, 2.05) is 0 Å². The van der Waals surface area contributed by atoms with E-state index in [1.165, 1.54) is 0 Å². The predicted octanol–water partition coefficient (Wildman–Crippen LogP) is 1.10. The molecule has 2 N–H and O–H groups in total. The first-order valence-electron chi connectivity index (χ1n) is 5.09. The molecule has 0 aliphatic heterocycles. The highest BCUT2D eigenvalue weighted by molar-refractivity contribution is 6.49. The third kappa shape index (κ3) is 1.97. The Kier molecular flexibility index (Phi) is 3.26. The number of hydrogen-bond donors (Lipinski definition) is 2. The summed E-state index contributed by atoms with van der Waals surface area (Å²) in [5.74, 6) is -0.694. The van der Waals surface area contributed by atoms with Crippen LogP contribution in [0.5, 0.6) is 0 Å². The molecule has 0 bridgehead atoms. The Hall–Kier alpha value is -1.65. The summed E-state index contributed by atoms with van der Waals surface area (Å²) in [7, 11) is 0. The number of halogens is 1. The summed E-state index contributed by atoms with van der Waals surface area (Å²) in [6, 6.07) is 6.52. The number of carbonyl (C=O) groups excluding carboxylic acids is 2. The zero-order valence-electron chi connectivity index (χ0n) is 8.87. The molecule has 1 aliphatic carbocycles. The molecule has 0 spiro atoms. The van der Waals surface area contributed by atoms with Crippen LogP contribution in [0.25, 0.3) is 0 Å². The van der Waals surface area contributed by atoms with Gasteiger partial charge >= 0.3 is 0 Å². The number of ketones is 2. The molecular weight excluding hydrogens is 242 g/mol. The van der Waals surface area contributed by atoms with Crippen molar-refractivity contribution in [1.29, 1.82) is 0 Å². The maximum atomic E-state index is 12.0. The van der Waals surface area contributed by atoms with Gasteiger partial charge < -0.3 is 10.4 Å². The quantitative estimate of drug-likeness (QED) is 0.844. The molecule has 4 nitrogen and oxygen atoms in total. The number of nitrogens with one attached hydrogen (secondary N) is 1. The molecule has 0 aromatic heterocycles. The summed E-state index contributed by atoms with van der Waals surface area (Å²) in [4.78, 5) is 23.9. The van der Waals surface area contributed by atoms with E-state index in [9.17, 15) is 9.59 Å². The van der Waals surface area contributed by atoms with Gasteiger partial charge in [0.2, 0.25) is 11.6 Å². The lowest BCUT2D eigenvalue weighted by atomic mass is 9.92. The highest BCUT2D eigenvalue weighted by Gasteiger charge is 2.30. The van der Waals surface area contributed by atoms with Gasteiger partial charge in [0.1, 0.15) is 10.7 Å². The Labute approximate surface area is 103 Å². The molecule has 2 rings (SSSR count). The van der Waals surface area contributed by atoms with Gasteiger partial charge in [0.25, 0.3) is 0 Å². The maximum absolute atomic E-state index is 12.0. The molecule has 0 saturated carbocycles. The van der Waals surface area contributed by atoms with E-state index in [0.717, 1.165) is 0 Å². The second-order valence-electron chi connectivity index (χ2n) is 3.54. The lowest BCUT2D eigenvalue weighted by Gasteiger charge is -2.18. The number of aliphatic hydroxyl groups excluding tert-OH is 1. The summed E-state index contributed by atoms with van der Waals surface area (Å²) < 4.78 is 0. The van der Waals surface area contributed by atoms with Gasteiger partial charge in [-0.1, -0.05) is 35.9 Å². The van der Waals surface area contributed by atoms with Gasteiger partial charge in [-0.15, -0.1) is 0 Å². The molecule has 1 aromatic carbocycles. The molecule has 0 heterocycles. The predicted molar refractivity (Wildman–Crippen MR) is 63.1 cm³/mol. The number of hydrogen-bond acceptors (Lipinski definition) is 4. The van der Waals surface area contributed by atoms with E-state index in [4.69, 9.17) is 16.7 Å². The average molecular weight is 252 g/mol. The lowest BCUT2D eigenvalue weighted by Crippen LogP contribution is -2.30. The van der Waals surface area contributed by atoms with E-state index < -0.39 is 0 Å². The van der Waals surface area contributed by atoms with Gasteiger partial charge in [0.15, 0.2) is 0 Å². The largest absolute Gasteiger partial charge is 0.395 e. The Bertz CT molecular complexity index is 522. The van der Waals surface area contributed by atoms with E-state index in [1.54, 1.807) is 24.3 Å². The molecule has 0 amide bonds. The topological polar surface area (TPSA) is 66.4 Å². The monoisotopic (exact) mass is 251 g/mol. The minimum absolute atomic E-state index is 0.0596.